The van der Waals surface area contributed by atoms with E-state index in [0.717, 1.165) is 0 Å². The molecule has 0 fully saturated rings. The normalized spacial score (nSPS) is 12.2. The molecule has 0 spiro atoms. The number of halogens is 1. The fourth-order valence-corrected chi connectivity index (χ4v) is 3.12. The van der Waals surface area contributed by atoms with Crippen molar-refractivity contribution in [3.05, 3.63) is 92.2 Å². The van der Waals surface area contributed by atoms with Crippen molar-refractivity contribution in [1.82, 2.24) is 0 Å². The Morgan fingerprint density at radius 3 is 1.95 bits per heavy atom. The van der Waals surface area contributed by atoms with Gasteiger partial charge in [-0.25, -0.2) is 0 Å². The molecular formula is C18H11BrO3. The van der Waals surface area contributed by atoms with Crippen molar-refractivity contribution in [2.75, 3.05) is 0 Å². The molecule has 0 amide bonds. The van der Waals surface area contributed by atoms with Gasteiger partial charge in [0.1, 0.15) is 4.83 Å². The summed E-state index contributed by atoms with van der Waals surface area (Å²) in [5.74, 6) is -0.232. The highest BCUT2D eigenvalue weighted by atomic mass is 79.9. The number of ketones is 1. The van der Waals surface area contributed by atoms with Crippen LogP contribution >= 0.6 is 15.9 Å². The zero-order valence-corrected chi connectivity index (χ0v) is 13.0. The van der Waals surface area contributed by atoms with Crippen LogP contribution in [-0.2, 0) is 0 Å². The van der Waals surface area contributed by atoms with Crippen LogP contribution in [0.5, 0.6) is 0 Å². The predicted molar refractivity (Wildman–Crippen MR) is 89.2 cm³/mol. The van der Waals surface area contributed by atoms with Crippen molar-refractivity contribution in [3.8, 4) is 11.1 Å². The zero-order valence-electron chi connectivity index (χ0n) is 11.5. The second-order valence-corrected chi connectivity index (χ2v) is 5.82. The van der Waals surface area contributed by atoms with Crippen molar-refractivity contribution in [2.24, 2.45) is 0 Å². The van der Waals surface area contributed by atoms with Crippen molar-refractivity contribution < 1.29 is 4.79 Å². The highest BCUT2D eigenvalue weighted by molar-refractivity contribution is 9.09. The fourth-order valence-electron chi connectivity index (χ4n) is 2.42. The van der Waals surface area contributed by atoms with Gasteiger partial charge in [0, 0.05) is 16.7 Å². The predicted octanol–water partition coefficient (Wildman–Crippen LogP) is 3.27. The van der Waals surface area contributed by atoms with Crippen molar-refractivity contribution in [3.63, 3.8) is 0 Å². The molecular weight excluding hydrogens is 344 g/mol. The summed E-state index contributed by atoms with van der Waals surface area (Å²) in [7, 11) is 0. The van der Waals surface area contributed by atoms with E-state index >= 15 is 0 Å². The summed E-state index contributed by atoms with van der Waals surface area (Å²) in [6, 6.07) is 17.6. The molecule has 3 rings (SSSR count). The zero-order chi connectivity index (χ0) is 15.7. The van der Waals surface area contributed by atoms with Gasteiger partial charge in [-0.15, -0.1) is 0 Å². The second kappa shape index (κ2) is 5.81. The smallest absolute Gasteiger partial charge is 0.234 e. The molecule has 0 saturated heterocycles. The third kappa shape index (κ3) is 2.35. The van der Waals surface area contributed by atoms with Crippen molar-refractivity contribution >= 4 is 21.7 Å². The summed E-state index contributed by atoms with van der Waals surface area (Å²) in [5.41, 5.74) is 0.599. The number of carbonyl (C=O) groups is 1. The molecule has 0 aliphatic heterocycles. The van der Waals surface area contributed by atoms with E-state index in [1.54, 1.807) is 48.5 Å². The van der Waals surface area contributed by atoms with Crippen LogP contribution in [-0.4, -0.2) is 5.78 Å². The molecule has 0 aliphatic rings. The fraction of sp³-hybridized carbons (Fsp3) is 0.0556. The number of alkyl halides is 1. The molecule has 0 aromatic heterocycles. The average molecular weight is 355 g/mol. The van der Waals surface area contributed by atoms with Gasteiger partial charge in [0.25, 0.3) is 0 Å². The number of hydrogen-bond acceptors (Lipinski definition) is 3. The van der Waals surface area contributed by atoms with Gasteiger partial charge in [0.05, 0.1) is 0 Å². The standard InChI is InChI=1S/C18H11BrO3/c19-15(16(20)12-9-5-2-6-10-12)14-13(17(21)18(14)22)11-7-3-1-4-8-11/h1-10,15H. The molecule has 1 unspecified atom stereocenters. The van der Waals surface area contributed by atoms with E-state index in [0.29, 0.717) is 16.7 Å². The monoisotopic (exact) mass is 354 g/mol. The molecule has 1 atom stereocenters. The van der Waals surface area contributed by atoms with Gasteiger partial charge in [0.2, 0.25) is 10.9 Å². The molecule has 0 bridgehead atoms. The maximum absolute atomic E-state index is 12.5. The Morgan fingerprint density at radius 2 is 1.36 bits per heavy atom. The van der Waals surface area contributed by atoms with E-state index in [1.807, 2.05) is 12.1 Å². The molecule has 0 aliphatic carbocycles. The van der Waals surface area contributed by atoms with Gasteiger partial charge >= 0.3 is 0 Å². The molecule has 3 aromatic rings. The number of hydrogen-bond donors (Lipinski definition) is 0. The van der Waals surface area contributed by atoms with Crippen molar-refractivity contribution in [1.29, 1.82) is 0 Å². The highest BCUT2D eigenvalue weighted by Crippen LogP contribution is 2.32. The minimum Gasteiger partial charge on any atom is -0.293 e. The number of rotatable bonds is 4. The number of carbonyl (C=O) groups excluding carboxylic acids is 1. The van der Waals surface area contributed by atoms with Gasteiger partial charge in [-0.2, -0.15) is 0 Å². The second-order valence-electron chi connectivity index (χ2n) is 4.91. The van der Waals surface area contributed by atoms with Crippen LogP contribution in [0.1, 0.15) is 20.7 Å². The van der Waals surface area contributed by atoms with Crippen molar-refractivity contribution in [2.45, 2.75) is 4.83 Å². The molecule has 0 saturated carbocycles. The van der Waals surface area contributed by atoms with Crippen LogP contribution in [0.3, 0.4) is 0 Å². The minimum atomic E-state index is -0.810. The van der Waals surface area contributed by atoms with Gasteiger partial charge < -0.3 is 0 Å². The van der Waals surface area contributed by atoms with E-state index in [-0.39, 0.29) is 11.3 Å². The Balaban J connectivity index is 2.03. The Hall–Kier alpha value is -2.33. The lowest BCUT2D eigenvalue weighted by Gasteiger charge is -2.15. The van der Waals surface area contributed by atoms with Gasteiger partial charge in [-0.1, -0.05) is 76.6 Å². The van der Waals surface area contributed by atoms with Gasteiger partial charge in [-0.3, -0.25) is 14.4 Å². The summed E-state index contributed by atoms with van der Waals surface area (Å²) in [6.45, 7) is 0. The molecule has 22 heavy (non-hydrogen) atoms. The van der Waals surface area contributed by atoms with Crippen LogP contribution in [0, 0.1) is 0 Å². The maximum atomic E-state index is 12.5. The van der Waals surface area contributed by atoms with Crippen LogP contribution in [0.25, 0.3) is 11.1 Å². The first kappa shape index (κ1) is 14.6. The lowest BCUT2D eigenvalue weighted by Crippen LogP contribution is -2.39. The summed E-state index contributed by atoms with van der Waals surface area (Å²) >= 11 is 3.28. The van der Waals surface area contributed by atoms with Gasteiger partial charge in [-0.05, 0) is 5.56 Å². The largest absolute Gasteiger partial charge is 0.293 e. The molecule has 0 heterocycles. The lowest BCUT2D eigenvalue weighted by molar-refractivity contribution is 0.0991. The third-order valence-electron chi connectivity index (χ3n) is 3.55. The quantitative estimate of drug-likeness (QED) is 0.410. The molecule has 3 aromatic carbocycles. The first-order valence-corrected chi connectivity index (χ1v) is 7.64. The van der Waals surface area contributed by atoms with E-state index in [9.17, 15) is 14.4 Å². The molecule has 108 valence electrons. The maximum Gasteiger partial charge on any atom is 0.234 e. The summed E-state index contributed by atoms with van der Waals surface area (Å²) in [5, 5.41) is 0. The Kier molecular flexibility index (Phi) is 3.86. The summed E-state index contributed by atoms with van der Waals surface area (Å²) in [6.07, 6.45) is 0. The number of Topliss-reactive ketones (excluding diaryl/α,β-unsaturated/α-hetero) is 1. The first-order valence-electron chi connectivity index (χ1n) is 6.73. The molecule has 3 nitrogen and oxygen atoms in total. The Morgan fingerprint density at radius 1 is 0.818 bits per heavy atom. The van der Waals surface area contributed by atoms with E-state index in [1.165, 1.54) is 0 Å². The Labute approximate surface area is 135 Å². The van der Waals surface area contributed by atoms with Gasteiger partial charge in [0.15, 0.2) is 5.78 Å². The van der Waals surface area contributed by atoms with Crippen LogP contribution in [0.2, 0.25) is 0 Å². The van der Waals surface area contributed by atoms with Crippen LogP contribution < -0.4 is 10.9 Å². The lowest BCUT2D eigenvalue weighted by atomic mass is 9.89. The highest BCUT2D eigenvalue weighted by Gasteiger charge is 2.31. The Bertz CT molecular complexity index is 891. The van der Waals surface area contributed by atoms with E-state index in [2.05, 4.69) is 15.9 Å². The SMILES string of the molecule is O=C(c1ccccc1)C(Br)c1c(-c2ccccc2)c(=O)c1=O. The van der Waals surface area contributed by atoms with Crippen LogP contribution in [0.4, 0.5) is 0 Å². The van der Waals surface area contributed by atoms with E-state index < -0.39 is 15.7 Å². The molecule has 0 radical (unpaired) electrons. The van der Waals surface area contributed by atoms with E-state index in [4.69, 9.17) is 0 Å². The molecule has 0 N–H and O–H groups in total. The minimum absolute atomic E-state index is 0.232. The summed E-state index contributed by atoms with van der Waals surface area (Å²) < 4.78 is 0. The van der Waals surface area contributed by atoms with Crippen LogP contribution in [0.15, 0.2) is 70.3 Å². The number of benzene rings is 2. The third-order valence-corrected chi connectivity index (χ3v) is 4.43. The summed E-state index contributed by atoms with van der Waals surface area (Å²) in [4.78, 5) is 35.5. The average Bonchev–Trinajstić information content (AvgIpc) is 2.59. The molecule has 4 heteroatoms. The topological polar surface area (TPSA) is 51.2 Å². The first-order chi connectivity index (χ1) is 10.6.